The quantitative estimate of drug-likeness (QED) is 0.135. The maximum absolute atomic E-state index is 15.4. The molecular formula is C36H38F2N4O6. The first-order valence-electron chi connectivity index (χ1n) is 16.0. The zero-order valence-electron chi connectivity index (χ0n) is 27.1. The maximum atomic E-state index is 15.4. The Hall–Kier alpha value is -4.81. The Labute approximate surface area is 277 Å². The molecule has 2 amide bonds. The third-order valence-electron chi connectivity index (χ3n) is 9.31. The summed E-state index contributed by atoms with van der Waals surface area (Å²) in [6.45, 7) is 8.37. The molecule has 1 aromatic heterocycles. The lowest BCUT2D eigenvalue weighted by atomic mass is 9.99. The van der Waals surface area contributed by atoms with Crippen molar-refractivity contribution in [1.82, 2.24) is 9.88 Å². The van der Waals surface area contributed by atoms with Crippen LogP contribution in [0, 0.1) is 28.9 Å². The van der Waals surface area contributed by atoms with Crippen LogP contribution in [0.4, 0.5) is 20.2 Å². The van der Waals surface area contributed by atoms with Gasteiger partial charge in [0.1, 0.15) is 17.0 Å². The Bertz CT molecular complexity index is 1790. The van der Waals surface area contributed by atoms with Gasteiger partial charge in [0.15, 0.2) is 23.1 Å². The van der Waals surface area contributed by atoms with Gasteiger partial charge in [0.05, 0.1) is 32.4 Å². The fourth-order valence-electron chi connectivity index (χ4n) is 6.27. The van der Waals surface area contributed by atoms with E-state index in [-0.39, 0.29) is 23.3 Å². The van der Waals surface area contributed by atoms with E-state index in [1.165, 1.54) is 36.4 Å². The molecule has 3 aromatic carbocycles. The second-order valence-corrected chi connectivity index (χ2v) is 12.1. The first kappa shape index (κ1) is 33.1. The van der Waals surface area contributed by atoms with Crippen molar-refractivity contribution in [3.05, 3.63) is 78.5 Å². The number of aromatic nitrogens is 1. The molecule has 0 radical (unpaired) electrons. The van der Waals surface area contributed by atoms with E-state index in [2.05, 4.69) is 20.5 Å². The number of morpholine rings is 1. The van der Waals surface area contributed by atoms with Crippen molar-refractivity contribution >= 4 is 34.1 Å². The molecule has 0 spiro atoms. The van der Waals surface area contributed by atoms with Crippen molar-refractivity contribution in [1.29, 1.82) is 0 Å². The predicted molar refractivity (Wildman–Crippen MR) is 177 cm³/mol. The molecule has 4 aromatic rings. The van der Waals surface area contributed by atoms with E-state index in [4.69, 9.17) is 18.9 Å². The summed E-state index contributed by atoms with van der Waals surface area (Å²) >= 11 is 0. The van der Waals surface area contributed by atoms with Crippen molar-refractivity contribution in [2.45, 2.75) is 20.3 Å². The lowest BCUT2D eigenvalue weighted by Gasteiger charge is -2.26. The molecule has 2 heterocycles. The van der Waals surface area contributed by atoms with Crippen LogP contribution < -0.4 is 24.8 Å². The summed E-state index contributed by atoms with van der Waals surface area (Å²) in [5.41, 5.74) is -0.239. The third-order valence-corrected chi connectivity index (χ3v) is 9.31. The van der Waals surface area contributed by atoms with E-state index in [1.807, 2.05) is 13.8 Å². The van der Waals surface area contributed by atoms with Gasteiger partial charge in [-0.2, -0.15) is 0 Å². The molecule has 252 valence electrons. The Morgan fingerprint density at radius 1 is 0.896 bits per heavy atom. The number of anilines is 2. The molecule has 12 heteroatoms. The first-order valence-corrected chi connectivity index (χ1v) is 16.0. The summed E-state index contributed by atoms with van der Waals surface area (Å²) in [4.78, 5) is 33.5. The van der Waals surface area contributed by atoms with E-state index in [0.29, 0.717) is 40.4 Å². The number of hydrogen-bond acceptors (Lipinski definition) is 8. The van der Waals surface area contributed by atoms with E-state index in [0.717, 1.165) is 45.3 Å². The van der Waals surface area contributed by atoms with E-state index >= 15 is 4.39 Å². The molecule has 0 unspecified atom stereocenters. The number of nitrogens with one attached hydrogen (secondary N) is 2. The number of nitrogens with zero attached hydrogens (tertiary/aromatic N) is 2. The molecule has 48 heavy (non-hydrogen) atoms. The lowest BCUT2D eigenvalue weighted by molar-refractivity contribution is -0.132. The van der Waals surface area contributed by atoms with Gasteiger partial charge in [-0.15, -0.1) is 0 Å². The van der Waals surface area contributed by atoms with Crippen molar-refractivity contribution in [3.8, 4) is 23.0 Å². The summed E-state index contributed by atoms with van der Waals surface area (Å²) < 4.78 is 51.7. The van der Waals surface area contributed by atoms with Gasteiger partial charge in [0.2, 0.25) is 11.8 Å². The highest BCUT2D eigenvalue weighted by Crippen LogP contribution is 2.59. The minimum absolute atomic E-state index is 0.0696. The maximum Gasteiger partial charge on any atom is 0.240 e. The topological polar surface area (TPSA) is 111 Å². The number of rotatable bonds is 12. The summed E-state index contributed by atoms with van der Waals surface area (Å²) in [5.74, 6) is -1.42. The second-order valence-electron chi connectivity index (χ2n) is 12.1. The average molecular weight is 661 g/mol. The molecule has 2 atom stereocenters. The van der Waals surface area contributed by atoms with Gasteiger partial charge in [-0.05, 0) is 66.8 Å². The highest BCUT2D eigenvalue weighted by atomic mass is 19.1. The number of carbonyl (C=O) groups excluding carboxylic acids is 2. The van der Waals surface area contributed by atoms with E-state index in [1.54, 1.807) is 31.5 Å². The third kappa shape index (κ3) is 6.76. The van der Waals surface area contributed by atoms with Gasteiger partial charge < -0.3 is 29.6 Å². The van der Waals surface area contributed by atoms with Gasteiger partial charge in [-0.1, -0.05) is 13.8 Å². The number of hydrogen-bond donors (Lipinski definition) is 2. The molecule has 0 bridgehead atoms. The molecule has 10 nitrogen and oxygen atoms in total. The molecule has 2 N–H and O–H groups in total. The number of methoxy groups -OCH3 is 1. The summed E-state index contributed by atoms with van der Waals surface area (Å²) in [5, 5.41) is 6.00. The van der Waals surface area contributed by atoms with Gasteiger partial charge in [0.25, 0.3) is 0 Å². The molecule has 2 aliphatic rings. The second kappa shape index (κ2) is 14.1. The summed E-state index contributed by atoms with van der Waals surface area (Å²) in [6.07, 6.45) is 2.41. The van der Waals surface area contributed by atoms with Gasteiger partial charge in [-0.3, -0.25) is 19.5 Å². The van der Waals surface area contributed by atoms with Crippen LogP contribution in [-0.2, 0) is 14.3 Å². The fraction of sp³-hybridized carbons (Fsp3) is 0.361. The standard InChI is InChI=1S/C36H38F2N4O6/c1-22-23(2)36(22,34(43)40-25-7-5-24(37)6-8-25)35(44)41-26-9-10-31(28(38)19-26)48-30-11-12-39-29-21-33(32(45-3)20-27(29)30)47-16-4-13-42-14-17-46-18-15-42/h5-12,19-23H,4,13-18H2,1-3H3,(H,40,43)(H,41,44)/t22-,23-/m1/s1. The van der Waals surface area contributed by atoms with Crippen molar-refractivity contribution in [3.63, 3.8) is 0 Å². The lowest BCUT2D eigenvalue weighted by Crippen LogP contribution is -2.38. The number of ether oxygens (including phenoxy) is 4. The summed E-state index contributed by atoms with van der Waals surface area (Å²) in [6, 6.07) is 14.5. The summed E-state index contributed by atoms with van der Waals surface area (Å²) in [7, 11) is 1.55. The largest absolute Gasteiger partial charge is 0.493 e. The van der Waals surface area contributed by atoms with Crippen LogP contribution in [0.25, 0.3) is 10.9 Å². The Kier molecular flexibility index (Phi) is 9.74. The molecule has 1 saturated carbocycles. The Morgan fingerprint density at radius 3 is 2.25 bits per heavy atom. The fourth-order valence-corrected chi connectivity index (χ4v) is 6.27. The normalized spacial score (nSPS) is 20.6. The van der Waals surface area contributed by atoms with Crippen LogP contribution in [0.1, 0.15) is 20.3 Å². The zero-order valence-corrected chi connectivity index (χ0v) is 27.1. The number of pyridine rings is 1. The highest BCUT2D eigenvalue weighted by Gasteiger charge is 2.69. The van der Waals surface area contributed by atoms with Crippen molar-refractivity contribution in [2.75, 3.05) is 57.2 Å². The van der Waals surface area contributed by atoms with Crippen LogP contribution in [0.5, 0.6) is 23.0 Å². The SMILES string of the molecule is COc1cc2c(Oc3ccc(NC(=O)C4(C(=O)Nc5ccc(F)cc5)[C@H](C)[C@H]4C)cc3F)ccnc2cc1OCCCN1CCOCC1. The van der Waals surface area contributed by atoms with Crippen LogP contribution in [0.3, 0.4) is 0 Å². The molecule has 1 aliphatic carbocycles. The number of carbonyl (C=O) groups is 2. The van der Waals surface area contributed by atoms with Gasteiger partial charge >= 0.3 is 0 Å². The first-order chi connectivity index (χ1) is 23.2. The van der Waals surface area contributed by atoms with Crippen LogP contribution in [-0.4, -0.2) is 68.3 Å². The highest BCUT2D eigenvalue weighted by molar-refractivity contribution is 6.17. The van der Waals surface area contributed by atoms with Gasteiger partial charge in [-0.25, -0.2) is 8.78 Å². The molecule has 6 rings (SSSR count). The smallest absolute Gasteiger partial charge is 0.240 e. The molecular weight excluding hydrogens is 622 g/mol. The Morgan fingerprint density at radius 2 is 1.58 bits per heavy atom. The molecule has 1 aliphatic heterocycles. The minimum Gasteiger partial charge on any atom is -0.493 e. The van der Waals surface area contributed by atoms with Crippen molar-refractivity contribution < 1.29 is 37.3 Å². The monoisotopic (exact) mass is 660 g/mol. The number of amides is 2. The predicted octanol–water partition coefficient (Wildman–Crippen LogP) is 6.26. The van der Waals surface area contributed by atoms with E-state index < -0.39 is 28.9 Å². The zero-order chi connectivity index (χ0) is 33.8. The van der Waals surface area contributed by atoms with Crippen LogP contribution >= 0.6 is 0 Å². The number of halogens is 2. The Balaban J connectivity index is 1.13. The van der Waals surface area contributed by atoms with Crippen LogP contribution in [0.15, 0.2) is 66.9 Å². The van der Waals surface area contributed by atoms with E-state index in [9.17, 15) is 14.0 Å². The average Bonchev–Trinajstić information content (AvgIpc) is 3.65. The number of benzene rings is 3. The van der Waals surface area contributed by atoms with Crippen LogP contribution in [0.2, 0.25) is 0 Å². The van der Waals surface area contributed by atoms with Crippen molar-refractivity contribution in [2.24, 2.45) is 17.3 Å². The molecule has 2 fully saturated rings. The number of fused-ring (bicyclic) bond motifs is 1. The van der Waals surface area contributed by atoms with Gasteiger partial charge in [0, 0.05) is 54.7 Å². The molecule has 1 saturated heterocycles. The minimum atomic E-state index is -1.36.